The third-order valence-electron chi connectivity index (χ3n) is 5.10. The molecule has 8 nitrogen and oxygen atoms in total. The van der Waals surface area contributed by atoms with Crippen molar-refractivity contribution in [2.75, 3.05) is 20.8 Å². The Morgan fingerprint density at radius 3 is 2.68 bits per heavy atom. The van der Waals surface area contributed by atoms with Gasteiger partial charge >= 0.3 is 5.97 Å². The van der Waals surface area contributed by atoms with Gasteiger partial charge in [0.05, 0.1) is 14.2 Å². The predicted octanol–water partition coefficient (Wildman–Crippen LogP) is 2.03. The van der Waals surface area contributed by atoms with Crippen LogP contribution in [0.15, 0.2) is 12.1 Å². The Hall–Kier alpha value is -2.77. The summed E-state index contributed by atoms with van der Waals surface area (Å²) in [6.45, 7) is 4.70. The number of fused-ring (bicyclic) bond motifs is 1. The number of carbonyl (C=O) groups excluding carboxylic acids is 3. The lowest BCUT2D eigenvalue weighted by molar-refractivity contribution is -0.145. The molecule has 2 aliphatic rings. The van der Waals surface area contributed by atoms with Crippen molar-refractivity contribution in [3.63, 3.8) is 0 Å². The van der Waals surface area contributed by atoms with Crippen LogP contribution in [0, 0.1) is 5.92 Å². The van der Waals surface area contributed by atoms with Crippen LogP contribution in [0.25, 0.3) is 0 Å². The Morgan fingerprint density at radius 2 is 2.04 bits per heavy atom. The van der Waals surface area contributed by atoms with E-state index in [1.807, 2.05) is 0 Å². The van der Waals surface area contributed by atoms with Crippen LogP contribution in [-0.4, -0.2) is 49.5 Å². The minimum atomic E-state index is -0.946. The molecule has 0 aromatic heterocycles. The number of methoxy groups -OCH3 is 2. The lowest BCUT2D eigenvalue weighted by Gasteiger charge is -2.29. The highest BCUT2D eigenvalue weighted by molar-refractivity contribution is 5.99. The largest absolute Gasteiger partial charge is 0.493 e. The molecule has 0 spiro atoms. The molecule has 1 N–H and O–H groups in total. The first-order chi connectivity index (χ1) is 13.4. The van der Waals surface area contributed by atoms with E-state index in [1.165, 1.54) is 19.1 Å². The molecule has 0 aliphatic carbocycles. The zero-order chi connectivity index (χ0) is 20.4. The van der Waals surface area contributed by atoms with Crippen LogP contribution in [0.1, 0.15) is 55.3 Å². The van der Waals surface area contributed by atoms with Gasteiger partial charge in [0, 0.05) is 18.5 Å². The minimum absolute atomic E-state index is 0.218. The van der Waals surface area contributed by atoms with Gasteiger partial charge in [-0.05, 0) is 30.9 Å². The number of carbonyl (C=O) groups is 3. The summed E-state index contributed by atoms with van der Waals surface area (Å²) < 4.78 is 16.1. The molecule has 152 valence electrons. The van der Waals surface area contributed by atoms with Gasteiger partial charge in [-0.15, -0.1) is 0 Å². The topological polar surface area (TPSA) is 94.2 Å². The maximum Gasteiger partial charge on any atom is 0.344 e. The number of nitrogens with zero attached hydrogens (tertiary/aromatic N) is 1. The van der Waals surface area contributed by atoms with E-state index in [-0.39, 0.29) is 29.5 Å². The molecule has 8 heteroatoms. The first kappa shape index (κ1) is 20.0. The highest BCUT2D eigenvalue weighted by Gasteiger charge is 2.47. The number of cyclic esters (lactones) is 1. The van der Waals surface area contributed by atoms with Crippen molar-refractivity contribution in [3.05, 3.63) is 23.3 Å². The quantitative estimate of drug-likeness (QED) is 0.716. The van der Waals surface area contributed by atoms with E-state index in [4.69, 9.17) is 14.2 Å². The second kappa shape index (κ2) is 8.08. The van der Waals surface area contributed by atoms with E-state index >= 15 is 0 Å². The summed E-state index contributed by atoms with van der Waals surface area (Å²) in [4.78, 5) is 39.1. The molecule has 3 rings (SSSR count). The zero-order valence-corrected chi connectivity index (χ0v) is 16.6. The van der Waals surface area contributed by atoms with Gasteiger partial charge in [-0.25, -0.2) is 4.79 Å². The predicted molar refractivity (Wildman–Crippen MR) is 100 cm³/mol. The molecule has 28 heavy (non-hydrogen) atoms. The van der Waals surface area contributed by atoms with Crippen LogP contribution in [0.5, 0.6) is 11.5 Å². The number of rotatable bonds is 7. The van der Waals surface area contributed by atoms with Crippen LogP contribution in [-0.2, 0) is 14.3 Å². The number of likely N-dealkylation sites (tertiary alicyclic amines) is 1. The Bertz CT molecular complexity index is 791. The molecule has 0 radical (unpaired) electrons. The lowest BCUT2D eigenvalue weighted by Crippen LogP contribution is -2.46. The lowest BCUT2D eigenvalue weighted by atomic mass is 10.0. The normalized spacial score (nSPS) is 21.0. The highest BCUT2D eigenvalue weighted by Crippen LogP contribution is 2.45. The average Bonchev–Trinajstić information content (AvgIpc) is 3.20. The van der Waals surface area contributed by atoms with E-state index in [0.717, 1.165) is 6.42 Å². The molecule has 0 unspecified atom stereocenters. The van der Waals surface area contributed by atoms with E-state index in [0.29, 0.717) is 30.2 Å². The number of ether oxygens (including phenoxy) is 3. The summed E-state index contributed by atoms with van der Waals surface area (Å²) in [6, 6.07) is 2.66. The molecule has 2 amide bonds. The molecule has 2 heterocycles. The molecule has 1 saturated heterocycles. The van der Waals surface area contributed by atoms with E-state index in [1.54, 1.807) is 12.1 Å². The fourth-order valence-electron chi connectivity index (χ4n) is 3.64. The molecule has 2 aliphatic heterocycles. The first-order valence-corrected chi connectivity index (χ1v) is 9.43. The summed E-state index contributed by atoms with van der Waals surface area (Å²) in [5, 5.41) is 2.89. The molecular weight excluding hydrogens is 364 g/mol. The van der Waals surface area contributed by atoms with E-state index in [9.17, 15) is 14.4 Å². The fraction of sp³-hybridized carbons (Fsp3) is 0.550. The van der Waals surface area contributed by atoms with Gasteiger partial charge in [0.1, 0.15) is 11.6 Å². The fourth-order valence-corrected chi connectivity index (χ4v) is 3.64. The maximum absolute atomic E-state index is 12.7. The monoisotopic (exact) mass is 390 g/mol. The molecule has 0 saturated carbocycles. The maximum atomic E-state index is 12.7. The molecule has 0 bridgehead atoms. The molecule has 1 aromatic rings. The van der Waals surface area contributed by atoms with Gasteiger partial charge < -0.3 is 19.5 Å². The average molecular weight is 390 g/mol. The minimum Gasteiger partial charge on any atom is -0.493 e. The van der Waals surface area contributed by atoms with Crippen molar-refractivity contribution in [2.45, 2.75) is 45.4 Å². The van der Waals surface area contributed by atoms with E-state index in [2.05, 4.69) is 19.2 Å². The van der Waals surface area contributed by atoms with Crippen molar-refractivity contribution in [1.82, 2.24) is 10.2 Å². The van der Waals surface area contributed by atoms with Gasteiger partial charge in [0.15, 0.2) is 11.5 Å². The standard InChI is InChI=1S/C20H26N2O6/c1-11(2)9-10-21-18(24)13-6-8-15(23)22(13)19-12-5-7-14(26-3)17(27-4)16(12)20(25)28-19/h5,7,11,13,19H,6,8-10H2,1-4H3,(H,21,24)/t13-,19+/m0/s1. The van der Waals surface area contributed by atoms with Crippen molar-refractivity contribution in [1.29, 1.82) is 0 Å². The molecule has 1 aromatic carbocycles. The van der Waals surface area contributed by atoms with Gasteiger partial charge in [0.2, 0.25) is 18.0 Å². The number of amides is 2. The summed E-state index contributed by atoms with van der Waals surface area (Å²) in [6.07, 6.45) is 0.533. The van der Waals surface area contributed by atoms with Gasteiger partial charge in [-0.1, -0.05) is 13.8 Å². The Labute approximate surface area is 164 Å². The van der Waals surface area contributed by atoms with Gasteiger partial charge in [-0.3, -0.25) is 14.5 Å². The molecular formula is C20H26N2O6. The Morgan fingerprint density at radius 1 is 1.29 bits per heavy atom. The highest BCUT2D eigenvalue weighted by atomic mass is 16.6. The van der Waals surface area contributed by atoms with Crippen LogP contribution < -0.4 is 14.8 Å². The van der Waals surface area contributed by atoms with Crippen LogP contribution >= 0.6 is 0 Å². The third kappa shape index (κ3) is 3.50. The number of hydrogen-bond donors (Lipinski definition) is 1. The SMILES string of the molecule is COc1ccc2c(c1OC)C(=O)O[C@H]2N1C(=O)CC[C@H]1C(=O)NCCC(C)C. The van der Waals surface area contributed by atoms with Crippen LogP contribution in [0.4, 0.5) is 0 Å². The van der Waals surface area contributed by atoms with Crippen LogP contribution in [0.2, 0.25) is 0 Å². The third-order valence-corrected chi connectivity index (χ3v) is 5.10. The number of esters is 1. The number of benzene rings is 1. The number of nitrogens with one attached hydrogen (secondary N) is 1. The van der Waals surface area contributed by atoms with Gasteiger partial charge in [-0.2, -0.15) is 0 Å². The summed E-state index contributed by atoms with van der Waals surface area (Å²) in [5.41, 5.74) is 0.725. The van der Waals surface area contributed by atoms with Crippen molar-refractivity contribution < 1.29 is 28.6 Å². The Balaban J connectivity index is 1.88. The van der Waals surface area contributed by atoms with Gasteiger partial charge in [0.25, 0.3) is 0 Å². The smallest absolute Gasteiger partial charge is 0.344 e. The van der Waals surface area contributed by atoms with Crippen molar-refractivity contribution in [3.8, 4) is 11.5 Å². The first-order valence-electron chi connectivity index (χ1n) is 9.43. The van der Waals surface area contributed by atoms with Crippen molar-refractivity contribution >= 4 is 17.8 Å². The van der Waals surface area contributed by atoms with Crippen LogP contribution in [0.3, 0.4) is 0 Å². The summed E-state index contributed by atoms with van der Waals surface area (Å²) in [7, 11) is 2.91. The summed E-state index contributed by atoms with van der Waals surface area (Å²) in [5.74, 6) is 0.0775. The molecule has 2 atom stereocenters. The zero-order valence-electron chi connectivity index (χ0n) is 16.6. The summed E-state index contributed by atoms with van der Waals surface area (Å²) >= 11 is 0. The van der Waals surface area contributed by atoms with E-state index < -0.39 is 18.2 Å². The Kier molecular flexibility index (Phi) is 5.76. The van der Waals surface area contributed by atoms with Crippen molar-refractivity contribution in [2.24, 2.45) is 5.92 Å². The second-order valence-corrected chi connectivity index (χ2v) is 7.35. The number of hydrogen-bond acceptors (Lipinski definition) is 6. The molecule has 1 fully saturated rings. The second-order valence-electron chi connectivity index (χ2n) is 7.35.